The van der Waals surface area contributed by atoms with Crippen LogP contribution in [0, 0.1) is 0 Å². The molecule has 2 nitrogen and oxygen atoms in total. The lowest BCUT2D eigenvalue weighted by atomic mass is 10.0. The molecule has 1 N–H and O–H groups in total. The smallest absolute Gasteiger partial charge is 0.162 e. The maximum Gasteiger partial charge on any atom is 0.162 e. The summed E-state index contributed by atoms with van der Waals surface area (Å²) in [5.41, 5.74) is 2.08. The lowest BCUT2D eigenvalue weighted by molar-refractivity contribution is 0.0980. The second-order valence-corrected chi connectivity index (χ2v) is 3.68. The number of aryl methyl sites for hydroxylation is 1. The van der Waals surface area contributed by atoms with Gasteiger partial charge in [0.1, 0.15) is 0 Å². The summed E-state index contributed by atoms with van der Waals surface area (Å²) in [6.45, 7) is 3.00. The third kappa shape index (κ3) is 3.84. The molecule has 1 aromatic rings. The fourth-order valence-corrected chi connectivity index (χ4v) is 1.53. The van der Waals surface area contributed by atoms with Crippen LogP contribution in [0.1, 0.15) is 35.7 Å². The summed E-state index contributed by atoms with van der Waals surface area (Å²) in [5.74, 6) is 0.251. The molecule has 0 atom stereocenters. The van der Waals surface area contributed by atoms with Gasteiger partial charge in [-0.2, -0.15) is 0 Å². The van der Waals surface area contributed by atoms with Gasteiger partial charge < -0.3 is 5.32 Å². The van der Waals surface area contributed by atoms with Crippen molar-refractivity contribution in [3.05, 3.63) is 35.4 Å². The van der Waals surface area contributed by atoms with Crippen LogP contribution in [0.4, 0.5) is 0 Å². The molecule has 0 aliphatic heterocycles. The van der Waals surface area contributed by atoms with Gasteiger partial charge in [-0.3, -0.25) is 4.79 Å². The van der Waals surface area contributed by atoms with E-state index in [4.69, 9.17) is 0 Å². The number of hydrogen-bond acceptors (Lipinski definition) is 2. The Hall–Kier alpha value is -1.15. The number of hydrogen-bond donors (Lipinski definition) is 1. The number of Topliss-reactive ketones (excluding diaryl/α,β-unsaturated/α-hetero) is 1. The van der Waals surface area contributed by atoms with Crippen LogP contribution in [-0.2, 0) is 6.42 Å². The quantitative estimate of drug-likeness (QED) is 0.571. The average molecular weight is 205 g/mol. The molecule has 1 rings (SSSR count). The molecule has 1 aromatic carbocycles. The number of nitrogens with one attached hydrogen (secondary N) is 1. The number of benzene rings is 1. The van der Waals surface area contributed by atoms with Gasteiger partial charge in [-0.25, -0.2) is 0 Å². The van der Waals surface area contributed by atoms with E-state index in [1.807, 2.05) is 25.2 Å². The molecule has 2 heteroatoms. The predicted molar refractivity (Wildman–Crippen MR) is 63.3 cm³/mol. The maximum absolute atomic E-state index is 11.8. The highest BCUT2D eigenvalue weighted by molar-refractivity contribution is 5.96. The van der Waals surface area contributed by atoms with E-state index in [0.29, 0.717) is 6.42 Å². The van der Waals surface area contributed by atoms with E-state index in [0.717, 1.165) is 24.9 Å². The summed E-state index contributed by atoms with van der Waals surface area (Å²) in [6.07, 6.45) is 2.53. The molecule has 0 heterocycles. The zero-order valence-corrected chi connectivity index (χ0v) is 9.55. The molecule has 0 bridgehead atoms. The summed E-state index contributed by atoms with van der Waals surface area (Å²) in [4.78, 5) is 11.8. The van der Waals surface area contributed by atoms with Gasteiger partial charge in [0.25, 0.3) is 0 Å². The summed E-state index contributed by atoms with van der Waals surface area (Å²) in [7, 11) is 1.90. The Morgan fingerprint density at radius 2 is 2.20 bits per heavy atom. The third-order valence-electron chi connectivity index (χ3n) is 2.49. The largest absolute Gasteiger partial charge is 0.320 e. The maximum atomic E-state index is 11.8. The molecule has 0 unspecified atom stereocenters. The number of carbonyl (C=O) groups is 1. The first kappa shape index (κ1) is 11.9. The van der Waals surface area contributed by atoms with Crippen molar-refractivity contribution >= 4 is 5.78 Å². The Morgan fingerprint density at radius 1 is 1.40 bits per heavy atom. The summed E-state index contributed by atoms with van der Waals surface area (Å²) < 4.78 is 0. The van der Waals surface area contributed by atoms with Gasteiger partial charge in [-0.15, -0.1) is 0 Å². The molecule has 0 spiro atoms. The molecule has 82 valence electrons. The minimum atomic E-state index is 0.251. The Labute approximate surface area is 91.7 Å². The predicted octanol–water partition coefficient (Wildman–Crippen LogP) is 2.43. The highest BCUT2D eigenvalue weighted by Gasteiger charge is 2.05. The van der Waals surface area contributed by atoms with Crippen LogP contribution in [0.15, 0.2) is 24.3 Å². The van der Waals surface area contributed by atoms with Crippen LogP contribution in [0.25, 0.3) is 0 Å². The van der Waals surface area contributed by atoms with Gasteiger partial charge >= 0.3 is 0 Å². The van der Waals surface area contributed by atoms with Crippen molar-refractivity contribution < 1.29 is 4.79 Å². The Kier molecular flexibility index (Phi) is 5.05. The fraction of sp³-hybridized carbons (Fsp3) is 0.462. The molecule has 0 radical (unpaired) electrons. The lowest BCUT2D eigenvalue weighted by Gasteiger charge is -2.03. The van der Waals surface area contributed by atoms with Crippen LogP contribution in [0.2, 0.25) is 0 Å². The van der Waals surface area contributed by atoms with E-state index in [1.54, 1.807) is 0 Å². The average Bonchev–Trinajstić information content (AvgIpc) is 2.29. The second kappa shape index (κ2) is 6.36. The monoisotopic (exact) mass is 205 g/mol. The van der Waals surface area contributed by atoms with Crippen LogP contribution in [0.5, 0.6) is 0 Å². The molecule has 0 aromatic heterocycles. The van der Waals surface area contributed by atoms with E-state index < -0.39 is 0 Å². The van der Waals surface area contributed by atoms with E-state index >= 15 is 0 Å². The van der Waals surface area contributed by atoms with Crippen LogP contribution < -0.4 is 5.32 Å². The number of ketones is 1. The fourth-order valence-electron chi connectivity index (χ4n) is 1.53. The van der Waals surface area contributed by atoms with Gasteiger partial charge in [-0.05, 0) is 38.1 Å². The Morgan fingerprint density at radius 3 is 2.87 bits per heavy atom. The van der Waals surface area contributed by atoms with Crippen molar-refractivity contribution in [1.29, 1.82) is 0 Å². The van der Waals surface area contributed by atoms with Crippen LogP contribution >= 0.6 is 0 Å². The van der Waals surface area contributed by atoms with Crippen molar-refractivity contribution in [2.75, 3.05) is 13.6 Å². The molecule has 0 aliphatic rings. The molecule has 0 saturated heterocycles. The highest BCUT2D eigenvalue weighted by Crippen LogP contribution is 2.09. The second-order valence-electron chi connectivity index (χ2n) is 3.68. The number of rotatable bonds is 6. The lowest BCUT2D eigenvalue weighted by Crippen LogP contribution is -2.10. The number of carbonyl (C=O) groups excluding carboxylic acids is 1. The van der Waals surface area contributed by atoms with Crippen molar-refractivity contribution in [2.45, 2.75) is 26.2 Å². The first-order chi connectivity index (χ1) is 7.27. The van der Waals surface area contributed by atoms with Crippen molar-refractivity contribution in [3.8, 4) is 0 Å². The molecule has 0 aliphatic carbocycles. The molecule has 0 saturated carbocycles. The van der Waals surface area contributed by atoms with Crippen LogP contribution in [-0.4, -0.2) is 19.4 Å². The van der Waals surface area contributed by atoms with E-state index in [-0.39, 0.29) is 5.78 Å². The zero-order chi connectivity index (χ0) is 11.1. The first-order valence-electron chi connectivity index (χ1n) is 5.54. The van der Waals surface area contributed by atoms with Crippen molar-refractivity contribution in [2.24, 2.45) is 0 Å². The van der Waals surface area contributed by atoms with E-state index in [9.17, 15) is 4.79 Å². The molecule has 0 amide bonds. The minimum Gasteiger partial charge on any atom is -0.320 e. The molecule has 0 fully saturated rings. The highest BCUT2D eigenvalue weighted by atomic mass is 16.1. The summed E-state index contributed by atoms with van der Waals surface area (Å²) >= 11 is 0. The van der Waals surface area contributed by atoms with Gasteiger partial charge in [0.05, 0.1) is 0 Å². The van der Waals surface area contributed by atoms with Gasteiger partial charge in [0, 0.05) is 12.0 Å². The van der Waals surface area contributed by atoms with E-state index in [2.05, 4.69) is 18.3 Å². The molecule has 15 heavy (non-hydrogen) atoms. The minimum absolute atomic E-state index is 0.251. The van der Waals surface area contributed by atoms with Gasteiger partial charge in [-0.1, -0.05) is 25.1 Å². The zero-order valence-electron chi connectivity index (χ0n) is 9.55. The normalized spacial score (nSPS) is 10.3. The van der Waals surface area contributed by atoms with Gasteiger partial charge in [0.15, 0.2) is 5.78 Å². The first-order valence-corrected chi connectivity index (χ1v) is 5.54. The van der Waals surface area contributed by atoms with Crippen molar-refractivity contribution in [1.82, 2.24) is 5.32 Å². The standard InChI is InChI=1S/C13H19NO/c1-3-11-6-4-7-12(10-11)13(15)8-5-9-14-2/h4,6-7,10,14H,3,5,8-9H2,1-2H3. The van der Waals surface area contributed by atoms with Crippen LogP contribution in [0.3, 0.4) is 0 Å². The Bertz CT molecular complexity index is 320. The topological polar surface area (TPSA) is 29.1 Å². The van der Waals surface area contributed by atoms with Gasteiger partial charge in [0.2, 0.25) is 0 Å². The molecular formula is C13H19NO. The molecular weight excluding hydrogens is 186 g/mol. The van der Waals surface area contributed by atoms with Crippen molar-refractivity contribution in [3.63, 3.8) is 0 Å². The van der Waals surface area contributed by atoms with E-state index in [1.165, 1.54) is 5.56 Å². The Balaban J connectivity index is 2.57. The third-order valence-corrected chi connectivity index (χ3v) is 2.49. The summed E-state index contributed by atoms with van der Waals surface area (Å²) in [6, 6.07) is 7.93. The summed E-state index contributed by atoms with van der Waals surface area (Å²) in [5, 5.41) is 3.04. The SMILES string of the molecule is CCc1cccc(C(=O)CCCNC)c1.